The van der Waals surface area contributed by atoms with Gasteiger partial charge >= 0.3 is 0 Å². The monoisotopic (exact) mass is 290 g/mol. The fourth-order valence-electron chi connectivity index (χ4n) is 2.91. The standard InChI is InChI=1S/C21H22O/c1-21(2,3)17-12-10-15(11-13-17)18-7-5-8-19-16(14-22)6-4-9-20(18)19/h4-13,22H,14H2,1-3H3. The molecule has 0 fully saturated rings. The van der Waals surface area contributed by atoms with Crippen molar-refractivity contribution >= 4 is 10.8 Å². The number of rotatable bonds is 2. The number of aliphatic hydroxyl groups is 1. The lowest BCUT2D eigenvalue weighted by Gasteiger charge is -2.19. The summed E-state index contributed by atoms with van der Waals surface area (Å²) in [6, 6.07) is 21.2. The third-order valence-electron chi connectivity index (χ3n) is 4.24. The van der Waals surface area contributed by atoms with Crippen molar-refractivity contribution in [2.75, 3.05) is 0 Å². The van der Waals surface area contributed by atoms with Crippen LogP contribution >= 0.6 is 0 Å². The second-order valence-corrected chi connectivity index (χ2v) is 6.80. The van der Waals surface area contributed by atoms with Crippen molar-refractivity contribution < 1.29 is 5.11 Å². The Kier molecular flexibility index (Phi) is 3.76. The van der Waals surface area contributed by atoms with E-state index in [2.05, 4.69) is 69.3 Å². The van der Waals surface area contributed by atoms with Gasteiger partial charge in [0.05, 0.1) is 6.61 Å². The zero-order valence-electron chi connectivity index (χ0n) is 13.4. The number of hydrogen-bond acceptors (Lipinski definition) is 1. The Morgan fingerprint density at radius 3 is 2.05 bits per heavy atom. The van der Waals surface area contributed by atoms with Crippen LogP contribution in [0.2, 0.25) is 0 Å². The molecular formula is C21H22O. The summed E-state index contributed by atoms with van der Waals surface area (Å²) in [4.78, 5) is 0. The number of benzene rings is 3. The predicted octanol–water partition coefficient (Wildman–Crippen LogP) is 5.30. The molecule has 22 heavy (non-hydrogen) atoms. The maximum Gasteiger partial charge on any atom is 0.0687 e. The molecule has 0 unspecified atom stereocenters. The lowest BCUT2D eigenvalue weighted by molar-refractivity contribution is 0.283. The van der Waals surface area contributed by atoms with Crippen LogP contribution in [0.4, 0.5) is 0 Å². The zero-order chi connectivity index (χ0) is 15.7. The molecule has 0 aliphatic carbocycles. The molecule has 3 rings (SSSR count). The van der Waals surface area contributed by atoms with Gasteiger partial charge in [-0.25, -0.2) is 0 Å². The summed E-state index contributed by atoms with van der Waals surface area (Å²) >= 11 is 0. The minimum absolute atomic E-state index is 0.0732. The van der Waals surface area contributed by atoms with Crippen LogP contribution in [0.5, 0.6) is 0 Å². The van der Waals surface area contributed by atoms with Crippen LogP contribution in [0.15, 0.2) is 60.7 Å². The molecule has 1 nitrogen and oxygen atoms in total. The van der Waals surface area contributed by atoms with E-state index in [0.29, 0.717) is 0 Å². The normalized spacial score (nSPS) is 11.8. The van der Waals surface area contributed by atoms with Crippen molar-refractivity contribution in [3.05, 3.63) is 71.8 Å². The average Bonchev–Trinajstić information content (AvgIpc) is 2.53. The molecule has 0 amide bonds. The molecule has 1 N–H and O–H groups in total. The number of aliphatic hydroxyl groups excluding tert-OH is 1. The first kappa shape index (κ1) is 14.8. The third kappa shape index (κ3) is 2.65. The third-order valence-corrected chi connectivity index (χ3v) is 4.24. The highest BCUT2D eigenvalue weighted by atomic mass is 16.3. The Bertz CT molecular complexity index is 792. The largest absolute Gasteiger partial charge is 0.392 e. The van der Waals surface area contributed by atoms with E-state index in [0.717, 1.165) is 10.9 Å². The van der Waals surface area contributed by atoms with Gasteiger partial charge in [0.1, 0.15) is 0 Å². The molecule has 0 heterocycles. The highest BCUT2D eigenvalue weighted by Gasteiger charge is 2.13. The predicted molar refractivity (Wildman–Crippen MR) is 94.0 cm³/mol. The van der Waals surface area contributed by atoms with Crippen LogP contribution in [0.1, 0.15) is 31.9 Å². The summed E-state index contributed by atoms with van der Waals surface area (Å²) in [5, 5.41) is 11.8. The molecule has 0 saturated carbocycles. The van der Waals surface area contributed by atoms with Gasteiger partial charge in [0.2, 0.25) is 0 Å². The van der Waals surface area contributed by atoms with Crippen LogP contribution in [0.3, 0.4) is 0 Å². The summed E-state index contributed by atoms with van der Waals surface area (Å²) in [7, 11) is 0. The molecule has 0 bridgehead atoms. The molecule has 0 aromatic heterocycles. The first-order chi connectivity index (χ1) is 10.5. The highest BCUT2D eigenvalue weighted by molar-refractivity contribution is 5.98. The van der Waals surface area contributed by atoms with Crippen LogP contribution in [0.25, 0.3) is 21.9 Å². The summed E-state index contributed by atoms with van der Waals surface area (Å²) < 4.78 is 0. The van der Waals surface area contributed by atoms with E-state index in [-0.39, 0.29) is 12.0 Å². The van der Waals surface area contributed by atoms with Crippen molar-refractivity contribution in [3.63, 3.8) is 0 Å². The molecule has 3 aromatic carbocycles. The van der Waals surface area contributed by atoms with Crippen molar-refractivity contribution in [1.82, 2.24) is 0 Å². The van der Waals surface area contributed by atoms with Crippen LogP contribution in [-0.2, 0) is 12.0 Å². The van der Waals surface area contributed by atoms with E-state index in [4.69, 9.17) is 0 Å². The number of hydrogen-bond donors (Lipinski definition) is 1. The van der Waals surface area contributed by atoms with Crippen LogP contribution in [0, 0.1) is 0 Å². The fraction of sp³-hybridized carbons (Fsp3) is 0.238. The Hall–Kier alpha value is -2.12. The van der Waals surface area contributed by atoms with Gasteiger partial charge in [-0.1, -0.05) is 81.4 Å². The minimum Gasteiger partial charge on any atom is -0.392 e. The minimum atomic E-state index is 0.0732. The molecule has 112 valence electrons. The van der Waals surface area contributed by atoms with Gasteiger partial charge in [0.15, 0.2) is 0 Å². The first-order valence-corrected chi connectivity index (χ1v) is 7.73. The van der Waals surface area contributed by atoms with E-state index in [1.165, 1.54) is 22.1 Å². The van der Waals surface area contributed by atoms with Crippen molar-refractivity contribution in [2.24, 2.45) is 0 Å². The van der Waals surface area contributed by atoms with Gasteiger partial charge in [-0.3, -0.25) is 0 Å². The highest BCUT2D eigenvalue weighted by Crippen LogP contribution is 2.32. The van der Waals surface area contributed by atoms with Gasteiger partial charge in [-0.2, -0.15) is 0 Å². The quantitative estimate of drug-likeness (QED) is 0.679. The van der Waals surface area contributed by atoms with Crippen LogP contribution in [-0.4, -0.2) is 5.11 Å². The molecule has 0 radical (unpaired) electrons. The second kappa shape index (κ2) is 5.58. The van der Waals surface area contributed by atoms with E-state index < -0.39 is 0 Å². The van der Waals surface area contributed by atoms with Crippen molar-refractivity contribution in [2.45, 2.75) is 32.8 Å². The maximum atomic E-state index is 9.52. The van der Waals surface area contributed by atoms with E-state index >= 15 is 0 Å². The molecular weight excluding hydrogens is 268 g/mol. The van der Waals surface area contributed by atoms with Gasteiger partial charge in [-0.15, -0.1) is 0 Å². The first-order valence-electron chi connectivity index (χ1n) is 7.73. The Balaban J connectivity index is 2.14. The maximum absolute atomic E-state index is 9.52. The Morgan fingerprint density at radius 2 is 1.41 bits per heavy atom. The molecule has 1 heteroatoms. The van der Waals surface area contributed by atoms with E-state index in [1.807, 2.05) is 12.1 Å². The lowest BCUT2D eigenvalue weighted by atomic mass is 9.86. The van der Waals surface area contributed by atoms with Gasteiger partial charge < -0.3 is 5.11 Å². The molecule has 0 saturated heterocycles. The number of fused-ring (bicyclic) bond motifs is 1. The summed E-state index contributed by atoms with van der Waals surface area (Å²) in [5.41, 5.74) is 4.92. The van der Waals surface area contributed by atoms with Gasteiger partial charge in [0.25, 0.3) is 0 Å². The lowest BCUT2D eigenvalue weighted by Crippen LogP contribution is -2.10. The second-order valence-electron chi connectivity index (χ2n) is 6.80. The summed E-state index contributed by atoms with van der Waals surface area (Å²) in [6.45, 7) is 6.76. The molecule has 3 aromatic rings. The fourth-order valence-corrected chi connectivity index (χ4v) is 2.91. The van der Waals surface area contributed by atoms with Crippen LogP contribution < -0.4 is 0 Å². The molecule has 0 aliphatic rings. The average molecular weight is 290 g/mol. The van der Waals surface area contributed by atoms with Crippen molar-refractivity contribution in [3.8, 4) is 11.1 Å². The Labute approximate surface area is 132 Å². The topological polar surface area (TPSA) is 20.2 Å². The van der Waals surface area contributed by atoms with E-state index in [9.17, 15) is 5.11 Å². The zero-order valence-corrected chi connectivity index (χ0v) is 13.4. The molecule has 0 aliphatic heterocycles. The summed E-state index contributed by atoms with van der Waals surface area (Å²) in [5.74, 6) is 0. The summed E-state index contributed by atoms with van der Waals surface area (Å²) in [6.07, 6.45) is 0. The molecule has 0 spiro atoms. The van der Waals surface area contributed by atoms with E-state index in [1.54, 1.807) is 0 Å². The Morgan fingerprint density at radius 1 is 0.773 bits per heavy atom. The van der Waals surface area contributed by atoms with Crippen molar-refractivity contribution in [1.29, 1.82) is 0 Å². The van der Waals surface area contributed by atoms with Gasteiger partial charge in [-0.05, 0) is 38.4 Å². The van der Waals surface area contributed by atoms with Gasteiger partial charge in [0, 0.05) is 0 Å². The molecule has 0 atom stereocenters. The SMILES string of the molecule is CC(C)(C)c1ccc(-c2cccc3c(CO)cccc23)cc1. The smallest absolute Gasteiger partial charge is 0.0687 e.